The van der Waals surface area contributed by atoms with Crippen LogP contribution >= 0.6 is 0 Å². The molecule has 4 heteroatoms. The standard InChI is InChI=1S/C13H15N3O/c1-8(2)17-13-10(12(14)15)7-9-5-3-4-6-11(9)16-13/h3-8H,1-2H3,(H3,14,15). The number of aromatic nitrogens is 1. The zero-order chi connectivity index (χ0) is 12.4. The van der Waals surface area contributed by atoms with E-state index in [1.807, 2.05) is 44.2 Å². The maximum absolute atomic E-state index is 7.55. The summed E-state index contributed by atoms with van der Waals surface area (Å²) >= 11 is 0. The van der Waals surface area contributed by atoms with E-state index in [1.165, 1.54) is 0 Å². The van der Waals surface area contributed by atoms with Crippen molar-refractivity contribution in [2.75, 3.05) is 0 Å². The van der Waals surface area contributed by atoms with E-state index in [4.69, 9.17) is 15.9 Å². The summed E-state index contributed by atoms with van der Waals surface area (Å²) < 4.78 is 5.58. The van der Waals surface area contributed by atoms with Gasteiger partial charge in [-0.2, -0.15) is 0 Å². The lowest BCUT2D eigenvalue weighted by atomic mass is 10.1. The van der Waals surface area contributed by atoms with Crippen molar-refractivity contribution in [3.05, 3.63) is 35.9 Å². The van der Waals surface area contributed by atoms with Crippen LogP contribution in [0.2, 0.25) is 0 Å². The van der Waals surface area contributed by atoms with E-state index in [-0.39, 0.29) is 11.9 Å². The molecule has 1 heterocycles. The van der Waals surface area contributed by atoms with Gasteiger partial charge in [-0.1, -0.05) is 18.2 Å². The number of fused-ring (bicyclic) bond motifs is 1. The molecule has 0 atom stereocenters. The molecule has 0 aliphatic rings. The second kappa shape index (κ2) is 4.41. The highest BCUT2D eigenvalue weighted by Crippen LogP contribution is 2.22. The predicted molar refractivity (Wildman–Crippen MR) is 68.5 cm³/mol. The number of hydrogen-bond acceptors (Lipinski definition) is 3. The number of para-hydroxylation sites is 1. The van der Waals surface area contributed by atoms with Gasteiger partial charge in [-0.15, -0.1) is 0 Å². The molecule has 0 bridgehead atoms. The SMILES string of the molecule is CC(C)Oc1nc2ccccc2cc1C(=N)N. The van der Waals surface area contributed by atoms with Gasteiger partial charge in [0, 0.05) is 5.39 Å². The molecule has 0 aliphatic heterocycles. The summed E-state index contributed by atoms with van der Waals surface area (Å²) in [5.74, 6) is 0.394. The van der Waals surface area contributed by atoms with Crippen molar-refractivity contribution in [1.29, 1.82) is 5.41 Å². The van der Waals surface area contributed by atoms with Gasteiger partial charge < -0.3 is 10.5 Å². The van der Waals surface area contributed by atoms with Crippen LogP contribution < -0.4 is 10.5 Å². The first kappa shape index (κ1) is 11.4. The molecule has 0 aliphatic carbocycles. The monoisotopic (exact) mass is 229 g/mol. The van der Waals surface area contributed by atoms with Gasteiger partial charge in [0.15, 0.2) is 0 Å². The van der Waals surface area contributed by atoms with Crippen molar-refractivity contribution in [3.63, 3.8) is 0 Å². The highest BCUT2D eigenvalue weighted by Gasteiger charge is 2.11. The van der Waals surface area contributed by atoms with E-state index in [0.29, 0.717) is 11.4 Å². The maximum atomic E-state index is 7.55. The van der Waals surface area contributed by atoms with Crippen molar-refractivity contribution >= 4 is 16.7 Å². The predicted octanol–water partition coefficient (Wildman–Crippen LogP) is 2.31. The van der Waals surface area contributed by atoms with Crippen LogP contribution in [-0.2, 0) is 0 Å². The number of rotatable bonds is 3. The van der Waals surface area contributed by atoms with E-state index >= 15 is 0 Å². The Bertz CT molecular complexity index is 564. The van der Waals surface area contributed by atoms with Gasteiger partial charge in [-0.25, -0.2) is 4.98 Å². The number of ether oxygens (including phenoxy) is 1. The van der Waals surface area contributed by atoms with Gasteiger partial charge in [0.05, 0.1) is 17.2 Å². The van der Waals surface area contributed by atoms with Gasteiger partial charge >= 0.3 is 0 Å². The number of pyridine rings is 1. The Hall–Kier alpha value is -2.10. The van der Waals surface area contributed by atoms with Crippen LogP contribution in [0, 0.1) is 5.41 Å². The molecule has 2 rings (SSSR count). The molecule has 1 aromatic carbocycles. The lowest BCUT2D eigenvalue weighted by Crippen LogP contribution is -2.16. The van der Waals surface area contributed by atoms with Crippen molar-refractivity contribution in [1.82, 2.24) is 4.98 Å². The van der Waals surface area contributed by atoms with Crippen molar-refractivity contribution in [2.45, 2.75) is 20.0 Å². The summed E-state index contributed by atoms with van der Waals surface area (Å²) in [6, 6.07) is 9.53. The molecule has 0 radical (unpaired) electrons. The largest absolute Gasteiger partial charge is 0.474 e. The van der Waals surface area contributed by atoms with Crippen molar-refractivity contribution < 1.29 is 4.74 Å². The second-order valence-electron chi connectivity index (χ2n) is 4.11. The zero-order valence-electron chi connectivity index (χ0n) is 9.90. The van der Waals surface area contributed by atoms with Crippen LogP contribution in [0.1, 0.15) is 19.4 Å². The highest BCUT2D eigenvalue weighted by atomic mass is 16.5. The molecule has 0 spiro atoms. The Morgan fingerprint density at radius 1 is 1.35 bits per heavy atom. The third-order valence-corrected chi connectivity index (χ3v) is 2.33. The Morgan fingerprint density at radius 3 is 2.71 bits per heavy atom. The van der Waals surface area contributed by atoms with E-state index in [2.05, 4.69) is 4.98 Å². The summed E-state index contributed by atoms with van der Waals surface area (Å²) in [6.45, 7) is 3.83. The van der Waals surface area contributed by atoms with Crippen molar-refractivity contribution in [3.8, 4) is 5.88 Å². The fourth-order valence-electron chi connectivity index (χ4n) is 1.60. The summed E-state index contributed by atoms with van der Waals surface area (Å²) in [5.41, 5.74) is 6.92. The van der Waals surface area contributed by atoms with Crippen LogP contribution in [0.5, 0.6) is 5.88 Å². The number of amidine groups is 1. The molecule has 0 saturated heterocycles. The third kappa shape index (κ3) is 2.36. The lowest BCUT2D eigenvalue weighted by molar-refractivity contribution is 0.233. The molecule has 88 valence electrons. The molecular weight excluding hydrogens is 214 g/mol. The first-order valence-corrected chi connectivity index (χ1v) is 5.49. The minimum Gasteiger partial charge on any atom is -0.474 e. The average molecular weight is 229 g/mol. The van der Waals surface area contributed by atoms with Crippen LogP contribution in [0.25, 0.3) is 10.9 Å². The Balaban J connectivity index is 2.62. The number of nitrogens with one attached hydrogen (secondary N) is 1. The van der Waals surface area contributed by atoms with Gasteiger partial charge in [0.25, 0.3) is 0 Å². The number of hydrogen-bond donors (Lipinski definition) is 2. The Labute approximate surface area is 99.9 Å². The van der Waals surface area contributed by atoms with Gasteiger partial charge in [-0.05, 0) is 26.0 Å². The molecule has 2 aromatic rings. The summed E-state index contributed by atoms with van der Waals surface area (Å²) in [4.78, 5) is 4.39. The highest BCUT2D eigenvalue weighted by molar-refractivity contribution is 6.00. The van der Waals surface area contributed by atoms with Gasteiger partial charge in [0.2, 0.25) is 5.88 Å². The smallest absolute Gasteiger partial charge is 0.225 e. The lowest BCUT2D eigenvalue weighted by Gasteiger charge is -2.13. The fourth-order valence-corrected chi connectivity index (χ4v) is 1.60. The van der Waals surface area contributed by atoms with Crippen LogP contribution in [0.3, 0.4) is 0 Å². The molecule has 17 heavy (non-hydrogen) atoms. The molecule has 3 N–H and O–H groups in total. The Morgan fingerprint density at radius 2 is 2.06 bits per heavy atom. The zero-order valence-corrected chi connectivity index (χ0v) is 9.90. The molecule has 0 saturated carbocycles. The van der Waals surface area contributed by atoms with Crippen molar-refractivity contribution in [2.24, 2.45) is 5.73 Å². The molecular formula is C13H15N3O. The number of nitrogens with zero attached hydrogens (tertiary/aromatic N) is 1. The molecule has 1 aromatic heterocycles. The minimum atomic E-state index is -0.0288. The van der Waals surface area contributed by atoms with Gasteiger partial charge in [0.1, 0.15) is 5.84 Å². The molecule has 4 nitrogen and oxygen atoms in total. The number of nitrogen functional groups attached to an aromatic ring is 1. The number of nitrogens with two attached hydrogens (primary N) is 1. The third-order valence-electron chi connectivity index (χ3n) is 2.33. The topological polar surface area (TPSA) is 72.0 Å². The molecule has 0 amide bonds. The van der Waals surface area contributed by atoms with Crippen LogP contribution in [0.4, 0.5) is 0 Å². The first-order valence-electron chi connectivity index (χ1n) is 5.49. The average Bonchev–Trinajstić information content (AvgIpc) is 2.27. The van der Waals surface area contributed by atoms with E-state index in [0.717, 1.165) is 10.9 Å². The summed E-state index contributed by atoms with van der Waals surface area (Å²) in [5, 5.41) is 8.51. The van der Waals surface area contributed by atoms with Crippen LogP contribution in [-0.4, -0.2) is 16.9 Å². The minimum absolute atomic E-state index is 0.00163. The van der Waals surface area contributed by atoms with E-state index in [9.17, 15) is 0 Å². The molecule has 0 fully saturated rings. The first-order chi connectivity index (χ1) is 8.08. The van der Waals surface area contributed by atoms with E-state index < -0.39 is 0 Å². The summed E-state index contributed by atoms with van der Waals surface area (Å²) in [7, 11) is 0. The quantitative estimate of drug-likeness (QED) is 0.626. The molecule has 0 unspecified atom stereocenters. The normalized spacial score (nSPS) is 10.8. The summed E-state index contributed by atoms with van der Waals surface area (Å²) in [6.07, 6.45) is 0.00163. The van der Waals surface area contributed by atoms with E-state index in [1.54, 1.807) is 0 Å². The fraction of sp³-hybridized carbons (Fsp3) is 0.231. The number of benzene rings is 1. The Kier molecular flexibility index (Phi) is 2.95. The maximum Gasteiger partial charge on any atom is 0.225 e. The van der Waals surface area contributed by atoms with Gasteiger partial charge in [-0.3, -0.25) is 5.41 Å². The second-order valence-corrected chi connectivity index (χ2v) is 4.11. The van der Waals surface area contributed by atoms with Crippen LogP contribution in [0.15, 0.2) is 30.3 Å².